The summed E-state index contributed by atoms with van der Waals surface area (Å²) in [6.45, 7) is 9.22. The molecule has 2 heteroatoms. The average Bonchev–Trinajstić information content (AvgIpc) is 3.37. The van der Waals surface area contributed by atoms with Crippen molar-refractivity contribution in [3.8, 4) is 0 Å². The van der Waals surface area contributed by atoms with Crippen LogP contribution in [-0.4, -0.2) is 11.4 Å². The van der Waals surface area contributed by atoms with Crippen LogP contribution in [0.15, 0.2) is 70.7 Å². The third kappa shape index (κ3) is 38.6. The Hall–Kier alpha value is -2.74. The second kappa shape index (κ2) is 48.9. The molecule has 2 aromatic carbocycles. The van der Waals surface area contributed by atoms with Crippen LogP contribution in [0, 0.1) is 0 Å². The van der Waals surface area contributed by atoms with Gasteiger partial charge in [-0.3, -0.25) is 9.98 Å². The Labute approximate surface area is 431 Å². The van der Waals surface area contributed by atoms with Gasteiger partial charge >= 0.3 is 0 Å². The SMILES string of the molecule is CCCCCCCCCCCC=Cc1ccc(N=C(CCCCCC)C(CCCCCCCCCCCCCCCCCCCCC)=Nc2ccc(C=CCCCCCCCCCCC)cc2)cc1. The number of nitrogens with zero attached hydrogens (tertiary/aromatic N) is 2. The van der Waals surface area contributed by atoms with Crippen molar-refractivity contribution in [2.75, 3.05) is 0 Å². The zero-order valence-corrected chi connectivity index (χ0v) is 46.6. The number of unbranched alkanes of at least 4 members (excludes halogenated alkanes) is 39. The number of benzene rings is 2. The number of hydrogen-bond donors (Lipinski definition) is 0. The van der Waals surface area contributed by atoms with E-state index in [1.54, 1.807) is 0 Å². The molecule has 0 spiro atoms. The van der Waals surface area contributed by atoms with Crippen LogP contribution in [0.1, 0.15) is 328 Å². The molecular formula is C67H114N2. The summed E-state index contributed by atoms with van der Waals surface area (Å²) in [5.74, 6) is 0. The molecule has 0 radical (unpaired) electrons. The highest BCUT2D eigenvalue weighted by atomic mass is 14.8. The van der Waals surface area contributed by atoms with Crippen molar-refractivity contribution in [1.29, 1.82) is 0 Å². The molecule has 0 fully saturated rings. The number of rotatable bonds is 50. The molecule has 392 valence electrons. The fraction of sp³-hybridized carbons (Fsp3) is 0.731. The zero-order chi connectivity index (χ0) is 49.2. The third-order valence-corrected chi connectivity index (χ3v) is 14.5. The first-order valence-corrected chi connectivity index (χ1v) is 30.9. The summed E-state index contributed by atoms with van der Waals surface area (Å²) in [6, 6.07) is 18.0. The molecule has 2 aromatic rings. The van der Waals surface area contributed by atoms with Gasteiger partial charge < -0.3 is 0 Å². The van der Waals surface area contributed by atoms with Gasteiger partial charge in [0.05, 0.1) is 22.8 Å². The molecule has 69 heavy (non-hydrogen) atoms. The molecule has 0 aliphatic carbocycles. The fourth-order valence-electron chi connectivity index (χ4n) is 9.84. The van der Waals surface area contributed by atoms with Crippen molar-refractivity contribution in [3.63, 3.8) is 0 Å². The fourth-order valence-corrected chi connectivity index (χ4v) is 9.84. The summed E-state index contributed by atoms with van der Waals surface area (Å²) in [7, 11) is 0. The summed E-state index contributed by atoms with van der Waals surface area (Å²) < 4.78 is 0. The van der Waals surface area contributed by atoms with Crippen LogP contribution in [0.2, 0.25) is 0 Å². The smallest absolute Gasteiger partial charge is 0.0634 e. The Morgan fingerprint density at radius 2 is 0.493 bits per heavy atom. The molecule has 0 atom stereocenters. The van der Waals surface area contributed by atoms with Crippen molar-refractivity contribution in [1.82, 2.24) is 0 Å². The predicted molar refractivity (Wildman–Crippen MR) is 316 cm³/mol. The van der Waals surface area contributed by atoms with Gasteiger partial charge in [0, 0.05) is 0 Å². The van der Waals surface area contributed by atoms with Gasteiger partial charge in [-0.2, -0.15) is 0 Å². The molecule has 0 aliphatic rings. The molecule has 0 amide bonds. The van der Waals surface area contributed by atoms with E-state index in [4.69, 9.17) is 9.98 Å². The van der Waals surface area contributed by atoms with Crippen molar-refractivity contribution in [2.45, 2.75) is 317 Å². The Morgan fingerprint density at radius 3 is 0.754 bits per heavy atom. The third-order valence-electron chi connectivity index (χ3n) is 14.5. The minimum absolute atomic E-state index is 0.998. The monoisotopic (exact) mass is 947 g/mol. The first-order chi connectivity index (χ1) is 34.2. The van der Waals surface area contributed by atoms with Crippen molar-refractivity contribution in [3.05, 3.63) is 71.8 Å². The maximum Gasteiger partial charge on any atom is 0.0634 e. The largest absolute Gasteiger partial charge is 0.252 e. The lowest BCUT2D eigenvalue weighted by atomic mass is 10.00. The topological polar surface area (TPSA) is 24.7 Å². The van der Waals surface area contributed by atoms with Crippen LogP contribution in [0.5, 0.6) is 0 Å². The van der Waals surface area contributed by atoms with Crippen LogP contribution in [0.25, 0.3) is 12.2 Å². The van der Waals surface area contributed by atoms with Gasteiger partial charge in [-0.15, -0.1) is 0 Å². The quantitative estimate of drug-likeness (QED) is 0.0466. The minimum Gasteiger partial charge on any atom is -0.252 e. The van der Waals surface area contributed by atoms with Crippen LogP contribution in [0.4, 0.5) is 11.4 Å². The zero-order valence-electron chi connectivity index (χ0n) is 46.6. The van der Waals surface area contributed by atoms with E-state index in [0.717, 1.165) is 24.2 Å². The standard InChI is InChI=1S/C67H114N2/c1-5-9-13-17-20-23-26-27-28-29-30-31-32-33-36-39-42-45-49-53-67(69-65-60-56-63(57-61-65)51-47-44-41-38-35-25-22-19-15-11-7-3)66(52-48-16-12-8-4)68-64-58-54-62(55-59-64)50-46-43-40-37-34-24-21-18-14-10-6-2/h46-47,50-51,54-61H,5-45,48-49,52-53H2,1-4H3. The summed E-state index contributed by atoms with van der Waals surface area (Å²) >= 11 is 0. The van der Waals surface area contributed by atoms with Crippen molar-refractivity contribution >= 4 is 35.0 Å². The van der Waals surface area contributed by atoms with E-state index in [2.05, 4.69) is 101 Å². The highest BCUT2D eigenvalue weighted by Gasteiger charge is 2.12. The average molecular weight is 948 g/mol. The highest BCUT2D eigenvalue weighted by Crippen LogP contribution is 2.23. The van der Waals surface area contributed by atoms with E-state index < -0.39 is 0 Å². The Balaban J connectivity index is 1.97. The van der Waals surface area contributed by atoms with Gasteiger partial charge in [0.1, 0.15) is 0 Å². The molecule has 0 aliphatic heterocycles. The van der Waals surface area contributed by atoms with E-state index >= 15 is 0 Å². The summed E-state index contributed by atoms with van der Waals surface area (Å²) in [5, 5.41) is 0. The van der Waals surface area contributed by atoms with Crippen molar-refractivity contribution in [2.24, 2.45) is 9.98 Å². The maximum atomic E-state index is 5.43. The van der Waals surface area contributed by atoms with Gasteiger partial charge in [0.15, 0.2) is 0 Å². The van der Waals surface area contributed by atoms with Gasteiger partial charge in [-0.1, -0.05) is 314 Å². The van der Waals surface area contributed by atoms with E-state index in [1.807, 2.05) is 0 Å². The molecule has 0 unspecified atom stereocenters. The van der Waals surface area contributed by atoms with Crippen molar-refractivity contribution < 1.29 is 0 Å². The number of aliphatic imine (C=N–C) groups is 2. The summed E-state index contributed by atoms with van der Waals surface area (Å²) in [6.07, 6.45) is 70.4. The van der Waals surface area contributed by atoms with E-state index in [-0.39, 0.29) is 0 Å². The molecule has 0 saturated carbocycles. The second-order valence-electron chi connectivity index (χ2n) is 21.3. The summed E-state index contributed by atoms with van der Waals surface area (Å²) in [5.41, 5.74) is 7.09. The van der Waals surface area contributed by atoms with Crippen LogP contribution in [0.3, 0.4) is 0 Å². The first-order valence-electron chi connectivity index (χ1n) is 30.9. The van der Waals surface area contributed by atoms with Crippen LogP contribution >= 0.6 is 0 Å². The van der Waals surface area contributed by atoms with E-state index in [1.165, 1.54) is 299 Å². The predicted octanol–water partition coefficient (Wildman–Crippen LogP) is 24.2. The number of allylic oxidation sites excluding steroid dienone is 2. The molecule has 0 saturated heterocycles. The maximum absolute atomic E-state index is 5.43. The van der Waals surface area contributed by atoms with E-state index in [9.17, 15) is 0 Å². The van der Waals surface area contributed by atoms with Gasteiger partial charge in [-0.05, 0) is 86.8 Å². The molecule has 0 aromatic heterocycles. The van der Waals surface area contributed by atoms with Crippen LogP contribution < -0.4 is 0 Å². The lowest BCUT2D eigenvalue weighted by molar-refractivity contribution is 0.524. The number of hydrogen-bond acceptors (Lipinski definition) is 2. The Bertz CT molecular complexity index is 1490. The summed E-state index contributed by atoms with van der Waals surface area (Å²) in [4.78, 5) is 10.9. The first kappa shape index (κ1) is 62.4. The van der Waals surface area contributed by atoms with Gasteiger partial charge in [-0.25, -0.2) is 0 Å². The van der Waals surface area contributed by atoms with Crippen LogP contribution in [-0.2, 0) is 0 Å². The van der Waals surface area contributed by atoms with E-state index in [0.29, 0.717) is 0 Å². The molecule has 2 rings (SSSR count). The second-order valence-corrected chi connectivity index (χ2v) is 21.3. The highest BCUT2D eigenvalue weighted by molar-refractivity contribution is 6.43. The Morgan fingerprint density at radius 1 is 0.275 bits per heavy atom. The molecule has 2 nitrogen and oxygen atoms in total. The molecule has 0 N–H and O–H groups in total. The molecule has 0 bridgehead atoms. The molecule has 0 heterocycles. The Kier molecular flexibility index (Phi) is 44.2. The van der Waals surface area contributed by atoms with Gasteiger partial charge in [0.2, 0.25) is 0 Å². The normalized spacial score (nSPS) is 12.4. The minimum atomic E-state index is 0.998. The lowest BCUT2D eigenvalue weighted by Gasteiger charge is -2.12. The van der Waals surface area contributed by atoms with Gasteiger partial charge in [0.25, 0.3) is 0 Å². The lowest BCUT2D eigenvalue weighted by Crippen LogP contribution is -2.14. The molecular weight excluding hydrogens is 833 g/mol.